The summed E-state index contributed by atoms with van der Waals surface area (Å²) >= 11 is 0. The second-order valence-electron chi connectivity index (χ2n) is 3.36. The predicted octanol–water partition coefficient (Wildman–Crippen LogP) is 0.688. The lowest BCUT2D eigenvalue weighted by Crippen LogP contribution is -2.25. The zero-order chi connectivity index (χ0) is 10.4. The molecule has 0 aliphatic rings. The quantitative estimate of drug-likeness (QED) is 0.569. The van der Waals surface area contributed by atoms with Crippen LogP contribution in [0.5, 0.6) is 0 Å². The minimum atomic E-state index is -1.09. The van der Waals surface area contributed by atoms with Crippen molar-refractivity contribution in [3.05, 3.63) is 12.2 Å². The van der Waals surface area contributed by atoms with E-state index < -0.39 is 5.97 Å². The molecule has 13 heavy (non-hydrogen) atoms. The Bertz CT molecular complexity index is 218. The number of hydrogen-bond acceptors (Lipinski definition) is 3. The van der Waals surface area contributed by atoms with Crippen LogP contribution in [0.1, 0.15) is 33.1 Å². The second-order valence-corrected chi connectivity index (χ2v) is 3.36. The van der Waals surface area contributed by atoms with E-state index in [1.54, 1.807) is 6.92 Å². The van der Waals surface area contributed by atoms with E-state index in [1.165, 1.54) is 6.92 Å². The first-order valence-corrected chi connectivity index (χ1v) is 4.28. The summed E-state index contributed by atoms with van der Waals surface area (Å²) in [7, 11) is 0. The highest BCUT2D eigenvalue weighted by molar-refractivity contribution is 5.75. The normalized spacial score (nSPS) is 12.2. The van der Waals surface area contributed by atoms with Gasteiger partial charge in [0, 0.05) is 12.4 Å². The predicted molar refractivity (Wildman–Crippen MR) is 47.8 cm³/mol. The number of carbonyl (C=O) groups is 2. The van der Waals surface area contributed by atoms with E-state index >= 15 is 0 Å². The van der Waals surface area contributed by atoms with Gasteiger partial charge in [-0.3, -0.25) is 0 Å². The molecule has 3 nitrogen and oxygen atoms in total. The van der Waals surface area contributed by atoms with Crippen LogP contribution in [0.3, 0.4) is 0 Å². The van der Waals surface area contributed by atoms with Crippen molar-refractivity contribution in [1.29, 1.82) is 0 Å². The topological polar surface area (TPSA) is 57.2 Å². The molecule has 0 rings (SSSR count). The molecule has 0 aliphatic carbocycles. The van der Waals surface area contributed by atoms with E-state index in [4.69, 9.17) is 0 Å². The average Bonchev–Trinajstić information content (AvgIpc) is 1.96. The first kappa shape index (κ1) is 11.9. The third-order valence-corrected chi connectivity index (χ3v) is 1.95. The van der Waals surface area contributed by atoms with Crippen molar-refractivity contribution in [3.63, 3.8) is 0 Å². The molecule has 0 aromatic carbocycles. The van der Waals surface area contributed by atoms with Gasteiger partial charge in [-0.1, -0.05) is 12.2 Å². The second kappa shape index (κ2) is 5.51. The summed E-state index contributed by atoms with van der Waals surface area (Å²) in [6.45, 7) is 6.95. The minimum absolute atomic E-state index is 0.0391. The fraction of sp³-hybridized carbons (Fsp3) is 0.600. The van der Waals surface area contributed by atoms with Gasteiger partial charge in [0.2, 0.25) is 0 Å². The number of allylic oxidation sites excluding steroid dienone is 1. The maximum absolute atomic E-state index is 10.7. The van der Waals surface area contributed by atoms with E-state index in [1.807, 2.05) is 0 Å². The molecule has 0 spiro atoms. The Hall–Kier alpha value is -1.12. The van der Waals surface area contributed by atoms with Gasteiger partial charge in [0.1, 0.15) is 5.78 Å². The van der Waals surface area contributed by atoms with Gasteiger partial charge >= 0.3 is 0 Å². The van der Waals surface area contributed by atoms with Crippen LogP contribution < -0.4 is 5.11 Å². The van der Waals surface area contributed by atoms with Crippen LogP contribution in [-0.4, -0.2) is 11.8 Å². The molecule has 74 valence electrons. The van der Waals surface area contributed by atoms with E-state index in [0.717, 1.165) is 5.57 Å². The zero-order valence-electron chi connectivity index (χ0n) is 8.13. The largest absolute Gasteiger partial charge is 0.550 e. The molecule has 0 N–H and O–H groups in total. The highest BCUT2D eigenvalue weighted by Gasteiger charge is 2.10. The minimum Gasteiger partial charge on any atom is -0.550 e. The lowest BCUT2D eigenvalue weighted by atomic mass is 9.92. The molecular weight excluding hydrogens is 168 g/mol. The molecule has 0 aromatic heterocycles. The van der Waals surface area contributed by atoms with Gasteiger partial charge in [-0.15, -0.1) is 0 Å². The number of aliphatic carboxylic acids is 1. The van der Waals surface area contributed by atoms with E-state index in [9.17, 15) is 14.7 Å². The fourth-order valence-electron chi connectivity index (χ4n) is 1.10. The summed E-state index contributed by atoms with van der Waals surface area (Å²) < 4.78 is 0. The summed E-state index contributed by atoms with van der Waals surface area (Å²) in [5, 5.41) is 10.3. The summed E-state index contributed by atoms with van der Waals surface area (Å²) in [5.74, 6) is -1.14. The van der Waals surface area contributed by atoms with E-state index in [-0.39, 0.29) is 18.1 Å². The van der Waals surface area contributed by atoms with Crippen molar-refractivity contribution < 1.29 is 14.7 Å². The molecule has 1 unspecified atom stereocenters. The monoisotopic (exact) mass is 183 g/mol. The van der Waals surface area contributed by atoms with Gasteiger partial charge in [0.15, 0.2) is 0 Å². The SMILES string of the molecule is C=C(C)C(CCC(C)=O)CC(=O)[O-]. The molecule has 0 fully saturated rings. The summed E-state index contributed by atoms with van der Waals surface area (Å²) in [4.78, 5) is 21.0. The molecule has 0 saturated carbocycles. The van der Waals surface area contributed by atoms with Crippen molar-refractivity contribution in [2.75, 3.05) is 0 Å². The average molecular weight is 183 g/mol. The number of carboxylic acid groups (broad SMARTS) is 1. The Morgan fingerprint density at radius 1 is 1.38 bits per heavy atom. The van der Waals surface area contributed by atoms with Crippen LogP contribution in [-0.2, 0) is 9.59 Å². The zero-order valence-corrected chi connectivity index (χ0v) is 8.13. The number of Topliss-reactive ketones (excluding diaryl/α,β-unsaturated/α-hetero) is 1. The molecule has 0 saturated heterocycles. The highest BCUT2D eigenvalue weighted by atomic mass is 16.4. The molecule has 0 aromatic rings. The van der Waals surface area contributed by atoms with Gasteiger partial charge < -0.3 is 14.7 Å². The third kappa shape index (κ3) is 6.08. The van der Waals surface area contributed by atoms with E-state index in [0.29, 0.717) is 12.8 Å². The number of carbonyl (C=O) groups excluding carboxylic acids is 2. The Morgan fingerprint density at radius 2 is 1.92 bits per heavy atom. The molecule has 3 heteroatoms. The van der Waals surface area contributed by atoms with Crippen LogP contribution >= 0.6 is 0 Å². The molecule has 0 radical (unpaired) electrons. The molecule has 0 aliphatic heterocycles. The number of carboxylic acids is 1. The summed E-state index contributed by atoms with van der Waals surface area (Å²) in [6, 6.07) is 0. The van der Waals surface area contributed by atoms with Crippen molar-refractivity contribution in [2.24, 2.45) is 5.92 Å². The third-order valence-electron chi connectivity index (χ3n) is 1.95. The Balaban J connectivity index is 4.02. The Kier molecular flexibility index (Phi) is 5.04. The maximum Gasteiger partial charge on any atom is 0.129 e. The molecule has 0 amide bonds. The van der Waals surface area contributed by atoms with Crippen molar-refractivity contribution >= 4 is 11.8 Å². The van der Waals surface area contributed by atoms with Crippen LogP contribution in [0.25, 0.3) is 0 Å². The van der Waals surface area contributed by atoms with E-state index in [2.05, 4.69) is 6.58 Å². The maximum atomic E-state index is 10.7. The summed E-state index contributed by atoms with van der Waals surface area (Å²) in [5.41, 5.74) is 0.797. The first-order chi connectivity index (χ1) is 5.93. The number of ketones is 1. The lowest BCUT2D eigenvalue weighted by molar-refractivity contribution is -0.306. The highest BCUT2D eigenvalue weighted by Crippen LogP contribution is 2.18. The van der Waals surface area contributed by atoms with Crippen molar-refractivity contribution in [1.82, 2.24) is 0 Å². The van der Waals surface area contributed by atoms with Gasteiger partial charge in [0.05, 0.1) is 0 Å². The van der Waals surface area contributed by atoms with Gasteiger partial charge in [0.25, 0.3) is 0 Å². The molecule has 0 heterocycles. The molecule has 0 bridgehead atoms. The standard InChI is InChI=1S/C10H16O3/c1-7(2)9(6-10(12)13)5-4-8(3)11/h9H,1,4-6H2,2-3H3,(H,12,13)/p-1. The van der Waals surface area contributed by atoms with Crippen LogP contribution in [0.15, 0.2) is 12.2 Å². The summed E-state index contributed by atoms with van der Waals surface area (Å²) in [6.07, 6.45) is 0.923. The molecular formula is C10H15O3-. The number of rotatable bonds is 6. The Morgan fingerprint density at radius 3 is 2.23 bits per heavy atom. The number of hydrogen-bond donors (Lipinski definition) is 0. The van der Waals surface area contributed by atoms with Crippen LogP contribution in [0.2, 0.25) is 0 Å². The smallest absolute Gasteiger partial charge is 0.129 e. The van der Waals surface area contributed by atoms with Crippen LogP contribution in [0.4, 0.5) is 0 Å². The van der Waals surface area contributed by atoms with Gasteiger partial charge in [-0.2, -0.15) is 0 Å². The Labute approximate surface area is 78.5 Å². The van der Waals surface area contributed by atoms with Crippen molar-refractivity contribution in [2.45, 2.75) is 33.1 Å². The van der Waals surface area contributed by atoms with Crippen LogP contribution in [0, 0.1) is 5.92 Å². The first-order valence-electron chi connectivity index (χ1n) is 4.28. The van der Waals surface area contributed by atoms with Gasteiger partial charge in [-0.25, -0.2) is 0 Å². The lowest BCUT2D eigenvalue weighted by Gasteiger charge is -2.16. The van der Waals surface area contributed by atoms with Gasteiger partial charge in [-0.05, 0) is 32.6 Å². The fourth-order valence-corrected chi connectivity index (χ4v) is 1.10. The van der Waals surface area contributed by atoms with Crippen molar-refractivity contribution in [3.8, 4) is 0 Å². The molecule has 1 atom stereocenters.